The predicted molar refractivity (Wildman–Crippen MR) is 78.2 cm³/mol. The van der Waals surface area contributed by atoms with Crippen molar-refractivity contribution in [1.29, 1.82) is 0 Å². The molecule has 0 aromatic heterocycles. The van der Waals surface area contributed by atoms with Crippen LogP contribution in [0.2, 0.25) is 0 Å². The highest BCUT2D eigenvalue weighted by molar-refractivity contribution is 5.76. The molecule has 0 radical (unpaired) electrons. The monoisotopic (exact) mass is 267 g/mol. The van der Waals surface area contributed by atoms with E-state index in [0.717, 1.165) is 26.2 Å². The predicted octanol–water partition coefficient (Wildman–Crippen LogP) is 1.51. The number of hydrogen-bond acceptors (Lipinski definition) is 3. The van der Waals surface area contributed by atoms with Crippen molar-refractivity contribution in [2.24, 2.45) is 0 Å². The van der Waals surface area contributed by atoms with Crippen LogP contribution in [0.25, 0.3) is 0 Å². The van der Waals surface area contributed by atoms with E-state index < -0.39 is 0 Å². The maximum Gasteiger partial charge on any atom is 0.221 e. The van der Waals surface area contributed by atoms with Gasteiger partial charge < -0.3 is 10.6 Å². The Morgan fingerprint density at radius 2 is 2.05 bits per heavy atom. The van der Waals surface area contributed by atoms with E-state index in [1.165, 1.54) is 38.5 Å². The number of hydrogen-bond donors (Lipinski definition) is 2. The summed E-state index contributed by atoms with van der Waals surface area (Å²) in [5, 5.41) is 6.61. The van der Waals surface area contributed by atoms with Crippen molar-refractivity contribution in [3.63, 3.8) is 0 Å². The van der Waals surface area contributed by atoms with Gasteiger partial charge in [-0.3, -0.25) is 9.69 Å². The van der Waals surface area contributed by atoms with Crippen LogP contribution in [-0.2, 0) is 4.79 Å². The second kappa shape index (κ2) is 7.85. The zero-order valence-electron chi connectivity index (χ0n) is 12.3. The Hall–Kier alpha value is -0.610. The Bertz CT molecular complexity index is 271. The molecule has 2 N–H and O–H groups in total. The van der Waals surface area contributed by atoms with Crippen LogP contribution in [0, 0.1) is 0 Å². The van der Waals surface area contributed by atoms with Gasteiger partial charge in [0.05, 0.1) is 0 Å². The third kappa shape index (κ3) is 4.77. The number of rotatable bonds is 6. The molecule has 1 aliphatic heterocycles. The van der Waals surface area contributed by atoms with E-state index in [1.807, 2.05) is 0 Å². The van der Waals surface area contributed by atoms with Crippen molar-refractivity contribution < 1.29 is 4.79 Å². The first kappa shape index (κ1) is 14.8. The number of nitrogens with one attached hydrogen (secondary N) is 2. The van der Waals surface area contributed by atoms with Gasteiger partial charge in [-0.15, -0.1) is 0 Å². The second-order valence-electron chi connectivity index (χ2n) is 5.93. The van der Waals surface area contributed by atoms with E-state index in [1.54, 1.807) is 0 Å². The van der Waals surface area contributed by atoms with Crippen molar-refractivity contribution in [2.45, 2.75) is 64.0 Å². The van der Waals surface area contributed by atoms with E-state index in [0.29, 0.717) is 18.5 Å². The number of likely N-dealkylation sites (N-methyl/N-ethyl adjacent to an activating group) is 1. The highest BCUT2D eigenvalue weighted by Gasteiger charge is 2.22. The molecule has 1 saturated carbocycles. The maximum absolute atomic E-state index is 12.0. The fraction of sp³-hybridized carbons (Fsp3) is 0.933. The van der Waals surface area contributed by atoms with Crippen LogP contribution < -0.4 is 10.6 Å². The van der Waals surface area contributed by atoms with Gasteiger partial charge >= 0.3 is 0 Å². The van der Waals surface area contributed by atoms with Gasteiger partial charge in [-0.25, -0.2) is 0 Å². The van der Waals surface area contributed by atoms with Crippen molar-refractivity contribution in [1.82, 2.24) is 15.5 Å². The van der Waals surface area contributed by atoms with Gasteiger partial charge in [-0.1, -0.05) is 26.2 Å². The molecule has 0 aromatic carbocycles. The summed E-state index contributed by atoms with van der Waals surface area (Å²) in [5.74, 6) is 0.247. The van der Waals surface area contributed by atoms with Gasteiger partial charge in [-0.05, 0) is 32.4 Å². The topological polar surface area (TPSA) is 44.4 Å². The number of carbonyl (C=O) groups is 1. The van der Waals surface area contributed by atoms with Crippen LogP contribution in [0.3, 0.4) is 0 Å². The average molecular weight is 267 g/mol. The zero-order chi connectivity index (χ0) is 13.5. The third-order valence-corrected chi connectivity index (χ3v) is 4.55. The smallest absolute Gasteiger partial charge is 0.221 e. The van der Waals surface area contributed by atoms with Crippen molar-refractivity contribution in [2.75, 3.05) is 26.2 Å². The minimum Gasteiger partial charge on any atom is -0.353 e. The fourth-order valence-corrected chi connectivity index (χ4v) is 3.34. The molecule has 19 heavy (non-hydrogen) atoms. The lowest BCUT2D eigenvalue weighted by Gasteiger charge is -2.27. The molecular weight excluding hydrogens is 238 g/mol. The van der Waals surface area contributed by atoms with Crippen molar-refractivity contribution >= 4 is 5.91 Å². The molecule has 1 unspecified atom stereocenters. The van der Waals surface area contributed by atoms with Crippen LogP contribution in [0.5, 0.6) is 0 Å². The van der Waals surface area contributed by atoms with E-state index in [2.05, 4.69) is 22.5 Å². The summed E-state index contributed by atoms with van der Waals surface area (Å²) in [5.41, 5.74) is 0. The highest BCUT2D eigenvalue weighted by Crippen LogP contribution is 2.17. The highest BCUT2D eigenvalue weighted by atomic mass is 16.1. The molecule has 2 aliphatic rings. The number of amides is 1. The first-order chi connectivity index (χ1) is 9.29. The Balaban J connectivity index is 1.66. The standard InChI is InChI=1S/C15H29N3O/c1-2-18(14-8-10-16-12-14)11-9-15(19)17-13-6-4-3-5-7-13/h13-14,16H,2-12H2,1H3,(H,17,19). The summed E-state index contributed by atoms with van der Waals surface area (Å²) >= 11 is 0. The van der Waals surface area contributed by atoms with Crippen LogP contribution in [0.15, 0.2) is 0 Å². The van der Waals surface area contributed by atoms with Gasteiger partial charge in [0.15, 0.2) is 0 Å². The largest absolute Gasteiger partial charge is 0.353 e. The molecule has 1 aliphatic carbocycles. The Morgan fingerprint density at radius 3 is 2.68 bits per heavy atom. The second-order valence-corrected chi connectivity index (χ2v) is 5.93. The minimum absolute atomic E-state index is 0.247. The average Bonchev–Trinajstić information content (AvgIpc) is 2.95. The number of nitrogens with zero attached hydrogens (tertiary/aromatic N) is 1. The molecule has 110 valence electrons. The van der Waals surface area contributed by atoms with Gasteiger partial charge in [0.2, 0.25) is 5.91 Å². The van der Waals surface area contributed by atoms with Crippen LogP contribution >= 0.6 is 0 Å². The normalized spacial score (nSPS) is 24.8. The van der Waals surface area contributed by atoms with Gasteiger partial charge in [0.25, 0.3) is 0 Å². The first-order valence-electron chi connectivity index (χ1n) is 8.03. The first-order valence-corrected chi connectivity index (χ1v) is 8.03. The van der Waals surface area contributed by atoms with Crippen molar-refractivity contribution in [3.8, 4) is 0 Å². The molecular formula is C15H29N3O. The van der Waals surface area contributed by atoms with Crippen LogP contribution in [0.4, 0.5) is 0 Å². The molecule has 1 heterocycles. The molecule has 2 fully saturated rings. The van der Waals surface area contributed by atoms with E-state index >= 15 is 0 Å². The summed E-state index contributed by atoms with van der Waals surface area (Å²) in [7, 11) is 0. The summed E-state index contributed by atoms with van der Waals surface area (Å²) in [6, 6.07) is 1.08. The van der Waals surface area contributed by atoms with Crippen LogP contribution in [-0.4, -0.2) is 49.1 Å². The van der Waals surface area contributed by atoms with Gasteiger partial charge in [0, 0.05) is 31.6 Å². The minimum atomic E-state index is 0.247. The molecule has 4 heteroatoms. The molecule has 2 rings (SSSR count). The summed E-state index contributed by atoms with van der Waals surface area (Å²) < 4.78 is 0. The molecule has 0 aromatic rings. The lowest BCUT2D eigenvalue weighted by Crippen LogP contribution is -2.41. The SMILES string of the molecule is CCN(CCC(=O)NC1CCCCC1)C1CCNC1. The Morgan fingerprint density at radius 1 is 1.26 bits per heavy atom. The molecule has 4 nitrogen and oxygen atoms in total. The van der Waals surface area contributed by atoms with E-state index in [4.69, 9.17) is 0 Å². The van der Waals surface area contributed by atoms with E-state index in [-0.39, 0.29) is 5.91 Å². The lowest BCUT2D eigenvalue weighted by atomic mass is 9.95. The molecule has 1 amide bonds. The third-order valence-electron chi connectivity index (χ3n) is 4.55. The summed E-state index contributed by atoms with van der Waals surface area (Å²) in [6.45, 7) is 6.34. The molecule has 1 atom stereocenters. The van der Waals surface area contributed by atoms with Crippen molar-refractivity contribution in [3.05, 3.63) is 0 Å². The van der Waals surface area contributed by atoms with Gasteiger partial charge in [0.1, 0.15) is 0 Å². The van der Waals surface area contributed by atoms with Gasteiger partial charge in [-0.2, -0.15) is 0 Å². The lowest BCUT2D eigenvalue weighted by molar-refractivity contribution is -0.122. The zero-order valence-corrected chi connectivity index (χ0v) is 12.3. The van der Waals surface area contributed by atoms with E-state index in [9.17, 15) is 4.79 Å². The Kier molecular flexibility index (Phi) is 6.11. The van der Waals surface area contributed by atoms with Crippen LogP contribution in [0.1, 0.15) is 51.9 Å². The quantitative estimate of drug-likeness (QED) is 0.767. The maximum atomic E-state index is 12.0. The molecule has 0 bridgehead atoms. The molecule has 1 saturated heterocycles. The number of carbonyl (C=O) groups excluding carboxylic acids is 1. The fourth-order valence-electron chi connectivity index (χ4n) is 3.34. The summed E-state index contributed by atoms with van der Waals surface area (Å²) in [6.07, 6.45) is 8.12. The summed E-state index contributed by atoms with van der Waals surface area (Å²) in [4.78, 5) is 14.4. The Labute approximate surface area is 117 Å². The molecule has 0 spiro atoms.